The SMILES string of the molecule is CC(Sc1ccc(C(F)(F)F)cn1)C(=O)Nc1ccccc1Cl. The van der Waals surface area contributed by atoms with Gasteiger partial charge in [0.1, 0.15) is 0 Å². The van der Waals surface area contributed by atoms with Crippen LogP contribution in [0.3, 0.4) is 0 Å². The van der Waals surface area contributed by atoms with Crippen LogP contribution in [0.5, 0.6) is 0 Å². The molecule has 0 aliphatic rings. The van der Waals surface area contributed by atoms with Crippen molar-refractivity contribution < 1.29 is 18.0 Å². The van der Waals surface area contributed by atoms with E-state index >= 15 is 0 Å². The number of anilines is 1. The number of para-hydroxylation sites is 1. The number of nitrogens with zero attached hydrogens (tertiary/aromatic N) is 1. The molecular formula is C15H12ClF3N2OS. The van der Waals surface area contributed by atoms with Crippen molar-refractivity contribution >= 4 is 35.0 Å². The zero-order valence-corrected chi connectivity index (χ0v) is 13.5. The third-order valence-electron chi connectivity index (χ3n) is 2.86. The van der Waals surface area contributed by atoms with Crippen LogP contribution in [0.4, 0.5) is 18.9 Å². The fourth-order valence-corrected chi connectivity index (χ4v) is 2.62. The molecule has 1 N–H and O–H groups in total. The molecule has 1 aromatic carbocycles. The van der Waals surface area contributed by atoms with Crippen molar-refractivity contribution in [2.24, 2.45) is 0 Å². The average molecular weight is 361 g/mol. The number of halogens is 4. The van der Waals surface area contributed by atoms with Crippen molar-refractivity contribution in [2.75, 3.05) is 5.32 Å². The van der Waals surface area contributed by atoms with Gasteiger partial charge in [0.25, 0.3) is 0 Å². The van der Waals surface area contributed by atoms with Gasteiger partial charge in [0, 0.05) is 6.20 Å². The smallest absolute Gasteiger partial charge is 0.324 e. The second kappa shape index (κ2) is 7.23. The van der Waals surface area contributed by atoms with Crippen molar-refractivity contribution in [2.45, 2.75) is 23.4 Å². The summed E-state index contributed by atoms with van der Waals surface area (Å²) in [6.07, 6.45) is -3.68. The number of aromatic nitrogens is 1. The van der Waals surface area contributed by atoms with Gasteiger partial charge in [-0.2, -0.15) is 13.2 Å². The first-order valence-electron chi connectivity index (χ1n) is 6.52. The summed E-state index contributed by atoms with van der Waals surface area (Å²) in [5.74, 6) is -0.315. The molecule has 0 bridgehead atoms. The van der Waals surface area contributed by atoms with Gasteiger partial charge in [-0.05, 0) is 31.2 Å². The molecular weight excluding hydrogens is 349 g/mol. The summed E-state index contributed by atoms with van der Waals surface area (Å²) in [6, 6.07) is 8.96. The maximum atomic E-state index is 12.5. The van der Waals surface area contributed by atoms with E-state index in [9.17, 15) is 18.0 Å². The number of hydrogen-bond acceptors (Lipinski definition) is 3. The lowest BCUT2D eigenvalue weighted by Crippen LogP contribution is -2.22. The van der Waals surface area contributed by atoms with Crippen LogP contribution in [0.25, 0.3) is 0 Å². The topological polar surface area (TPSA) is 42.0 Å². The number of alkyl halides is 3. The fourth-order valence-electron chi connectivity index (χ4n) is 1.65. The molecule has 1 atom stereocenters. The van der Waals surface area contributed by atoms with E-state index in [1.807, 2.05) is 0 Å². The van der Waals surface area contributed by atoms with Gasteiger partial charge in [0.05, 0.1) is 26.5 Å². The standard InChI is InChI=1S/C15H12ClF3N2OS/c1-9(14(22)21-12-5-3-2-4-11(12)16)23-13-7-6-10(8-20-13)15(17,18)19/h2-9H,1H3,(H,21,22). The predicted molar refractivity (Wildman–Crippen MR) is 84.6 cm³/mol. The van der Waals surface area contributed by atoms with Gasteiger partial charge in [-0.3, -0.25) is 4.79 Å². The third kappa shape index (κ3) is 4.87. The molecule has 2 rings (SSSR count). The number of rotatable bonds is 4. The highest BCUT2D eigenvalue weighted by atomic mass is 35.5. The van der Waals surface area contributed by atoms with Crippen molar-refractivity contribution in [3.63, 3.8) is 0 Å². The fraction of sp³-hybridized carbons (Fsp3) is 0.200. The Hall–Kier alpha value is -1.73. The molecule has 3 nitrogen and oxygen atoms in total. The number of carbonyl (C=O) groups is 1. The third-order valence-corrected chi connectivity index (χ3v) is 4.24. The first-order valence-corrected chi connectivity index (χ1v) is 7.78. The van der Waals surface area contributed by atoms with E-state index in [-0.39, 0.29) is 5.91 Å². The van der Waals surface area contributed by atoms with Gasteiger partial charge in [0.15, 0.2) is 0 Å². The number of pyridine rings is 1. The maximum Gasteiger partial charge on any atom is 0.417 e. The van der Waals surface area contributed by atoms with Gasteiger partial charge in [-0.25, -0.2) is 4.98 Å². The van der Waals surface area contributed by atoms with Gasteiger partial charge < -0.3 is 5.32 Å². The summed E-state index contributed by atoms with van der Waals surface area (Å²) in [5.41, 5.74) is -0.345. The number of amides is 1. The van der Waals surface area contributed by atoms with Crippen LogP contribution in [0.15, 0.2) is 47.6 Å². The van der Waals surface area contributed by atoms with Crippen molar-refractivity contribution in [1.82, 2.24) is 4.98 Å². The largest absolute Gasteiger partial charge is 0.417 e. The van der Waals surface area contributed by atoms with Crippen molar-refractivity contribution in [1.29, 1.82) is 0 Å². The van der Waals surface area contributed by atoms with Crippen LogP contribution in [0, 0.1) is 0 Å². The minimum absolute atomic E-state index is 0.315. The Morgan fingerprint density at radius 2 is 1.96 bits per heavy atom. The summed E-state index contributed by atoms with van der Waals surface area (Å²) in [4.78, 5) is 15.8. The van der Waals surface area contributed by atoms with E-state index in [1.54, 1.807) is 31.2 Å². The highest BCUT2D eigenvalue weighted by Gasteiger charge is 2.30. The number of nitrogens with one attached hydrogen (secondary N) is 1. The lowest BCUT2D eigenvalue weighted by atomic mass is 10.3. The lowest BCUT2D eigenvalue weighted by Gasteiger charge is -2.13. The molecule has 0 aliphatic heterocycles. The summed E-state index contributed by atoms with van der Waals surface area (Å²) in [7, 11) is 0. The van der Waals surface area contributed by atoms with Crippen molar-refractivity contribution in [3.8, 4) is 0 Å². The molecule has 0 saturated heterocycles. The minimum Gasteiger partial charge on any atom is -0.324 e. The van der Waals surface area contributed by atoms with E-state index in [0.717, 1.165) is 24.0 Å². The van der Waals surface area contributed by atoms with Gasteiger partial charge in [0.2, 0.25) is 5.91 Å². The van der Waals surface area contributed by atoms with Crippen LogP contribution in [-0.2, 0) is 11.0 Å². The normalized spacial score (nSPS) is 12.7. The Labute approximate surface area is 140 Å². The van der Waals surface area contributed by atoms with E-state index in [0.29, 0.717) is 15.7 Å². The van der Waals surface area contributed by atoms with Crippen LogP contribution in [0.1, 0.15) is 12.5 Å². The summed E-state index contributed by atoms with van der Waals surface area (Å²) >= 11 is 7.02. The Morgan fingerprint density at radius 1 is 1.26 bits per heavy atom. The molecule has 8 heteroatoms. The van der Waals surface area contributed by atoms with Crippen LogP contribution >= 0.6 is 23.4 Å². The second-order valence-corrected chi connectivity index (χ2v) is 6.38. The molecule has 23 heavy (non-hydrogen) atoms. The molecule has 0 spiro atoms. The molecule has 1 aromatic heterocycles. The number of carbonyl (C=O) groups excluding carboxylic acids is 1. The Balaban J connectivity index is 2.00. The molecule has 1 heterocycles. The number of hydrogen-bond donors (Lipinski definition) is 1. The van der Waals surface area contributed by atoms with Crippen molar-refractivity contribution in [3.05, 3.63) is 53.2 Å². The molecule has 0 radical (unpaired) electrons. The minimum atomic E-state index is -4.43. The average Bonchev–Trinajstić information content (AvgIpc) is 2.49. The molecule has 0 fully saturated rings. The molecule has 1 amide bonds. The molecule has 1 unspecified atom stereocenters. The summed E-state index contributed by atoms with van der Waals surface area (Å²) in [5, 5.41) is 2.86. The second-order valence-electron chi connectivity index (χ2n) is 4.61. The van der Waals surface area contributed by atoms with Crippen LogP contribution in [0.2, 0.25) is 5.02 Å². The van der Waals surface area contributed by atoms with Gasteiger partial charge in [-0.1, -0.05) is 35.5 Å². The molecule has 122 valence electrons. The van der Waals surface area contributed by atoms with E-state index in [4.69, 9.17) is 11.6 Å². The summed E-state index contributed by atoms with van der Waals surface area (Å²) < 4.78 is 37.4. The number of benzene rings is 1. The Kier molecular flexibility index (Phi) is 5.54. The monoisotopic (exact) mass is 360 g/mol. The van der Waals surface area contributed by atoms with Crippen LogP contribution in [-0.4, -0.2) is 16.1 Å². The highest BCUT2D eigenvalue weighted by molar-refractivity contribution is 8.00. The first kappa shape index (κ1) is 17.6. The maximum absolute atomic E-state index is 12.5. The van der Waals surface area contributed by atoms with E-state index in [2.05, 4.69) is 10.3 Å². The number of thioether (sulfide) groups is 1. The zero-order chi connectivity index (χ0) is 17.0. The lowest BCUT2D eigenvalue weighted by molar-refractivity contribution is -0.137. The van der Waals surface area contributed by atoms with Gasteiger partial charge >= 0.3 is 6.18 Å². The van der Waals surface area contributed by atoms with E-state index < -0.39 is 17.0 Å². The zero-order valence-electron chi connectivity index (χ0n) is 11.9. The van der Waals surface area contributed by atoms with Crippen LogP contribution < -0.4 is 5.32 Å². The summed E-state index contributed by atoms with van der Waals surface area (Å²) in [6.45, 7) is 1.64. The predicted octanol–water partition coefficient (Wildman–Crippen LogP) is 4.87. The Bertz CT molecular complexity index is 692. The molecule has 0 aliphatic carbocycles. The Morgan fingerprint density at radius 3 is 2.52 bits per heavy atom. The van der Waals surface area contributed by atoms with Gasteiger partial charge in [-0.15, -0.1) is 0 Å². The highest BCUT2D eigenvalue weighted by Crippen LogP contribution is 2.30. The molecule has 0 saturated carbocycles. The quantitative estimate of drug-likeness (QED) is 0.791. The first-order chi connectivity index (χ1) is 10.8. The van der Waals surface area contributed by atoms with E-state index in [1.165, 1.54) is 6.07 Å². The molecule has 2 aromatic rings.